The van der Waals surface area contributed by atoms with Gasteiger partial charge in [-0.15, -0.1) is 0 Å². The first-order chi connectivity index (χ1) is 16.1. The quantitative estimate of drug-likeness (QED) is 0.420. The van der Waals surface area contributed by atoms with Crippen molar-refractivity contribution in [2.75, 3.05) is 12.1 Å². The number of halogens is 1. The minimum Gasteiger partial charge on any atom is -0.454 e. The lowest BCUT2D eigenvalue weighted by Gasteiger charge is -2.18. The number of benzene rings is 2. The van der Waals surface area contributed by atoms with Gasteiger partial charge >= 0.3 is 0 Å². The van der Waals surface area contributed by atoms with Gasteiger partial charge in [0.2, 0.25) is 12.7 Å². The van der Waals surface area contributed by atoms with Crippen LogP contribution in [0, 0.1) is 0 Å². The molecular formula is C24H19ClN4O3S. The largest absolute Gasteiger partial charge is 0.454 e. The molecule has 2 aromatic heterocycles. The third-order valence-electron chi connectivity index (χ3n) is 6.15. The number of carbonyl (C=O) groups excluding carboxylic acids is 1. The van der Waals surface area contributed by atoms with E-state index in [4.69, 9.17) is 21.1 Å². The number of hydrogen-bond acceptors (Lipinski definition) is 6. The fraction of sp³-hybridized carbons (Fsp3) is 0.208. The van der Waals surface area contributed by atoms with E-state index < -0.39 is 5.41 Å². The van der Waals surface area contributed by atoms with Crippen molar-refractivity contribution in [3.63, 3.8) is 0 Å². The molecule has 2 aliphatic rings. The van der Waals surface area contributed by atoms with Gasteiger partial charge in [0.25, 0.3) is 0 Å². The van der Waals surface area contributed by atoms with Gasteiger partial charge in [-0.1, -0.05) is 47.2 Å². The standard InChI is InChI=1S/C24H19ClN4O3S/c25-17-4-2-1-3-16(17)21(29-10-9-26-13-29)20-12-27-23(33-20)28-22(30)24(7-8-24)15-5-6-18-19(11-15)32-14-31-18/h1-6,9-13,21H,7-8,14H2,(H,27,28,30). The summed E-state index contributed by atoms with van der Waals surface area (Å²) in [7, 11) is 0. The number of thiazole rings is 1. The zero-order chi connectivity index (χ0) is 22.4. The SMILES string of the molecule is O=C(Nc1ncc(C(c2ccccc2Cl)n2ccnc2)s1)C1(c2ccc3c(c2)OCO3)CC1. The summed E-state index contributed by atoms with van der Waals surface area (Å²) in [5, 5.41) is 4.25. The predicted octanol–water partition coefficient (Wildman–Crippen LogP) is 5.03. The number of anilines is 1. The molecule has 1 atom stereocenters. The van der Waals surface area contributed by atoms with Crippen LogP contribution in [-0.2, 0) is 10.2 Å². The molecule has 0 saturated heterocycles. The molecule has 1 saturated carbocycles. The molecule has 1 amide bonds. The first-order valence-electron chi connectivity index (χ1n) is 10.5. The second kappa shape index (κ2) is 7.90. The summed E-state index contributed by atoms with van der Waals surface area (Å²) in [6.07, 6.45) is 8.74. The molecule has 3 heterocycles. The van der Waals surface area contributed by atoms with E-state index >= 15 is 0 Å². The van der Waals surface area contributed by atoms with Crippen molar-refractivity contribution in [2.45, 2.75) is 24.3 Å². The fourth-order valence-corrected chi connectivity index (χ4v) is 5.41. The highest BCUT2D eigenvalue weighted by atomic mass is 35.5. The molecule has 4 aromatic rings. The molecule has 1 fully saturated rings. The summed E-state index contributed by atoms with van der Waals surface area (Å²) < 4.78 is 12.9. The highest BCUT2D eigenvalue weighted by molar-refractivity contribution is 7.15. The highest BCUT2D eigenvalue weighted by Gasteiger charge is 2.52. The maximum atomic E-state index is 13.3. The Hall–Kier alpha value is -3.36. The number of fused-ring (bicyclic) bond motifs is 1. The van der Waals surface area contributed by atoms with Crippen LogP contribution in [0.4, 0.5) is 5.13 Å². The number of aromatic nitrogens is 3. The Bertz CT molecular complexity index is 1330. The van der Waals surface area contributed by atoms with Crippen molar-refractivity contribution in [2.24, 2.45) is 0 Å². The van der Waals surface area contributed by atoms with Gasteiger partial charge in [-0.25, -0.2) is 9.97 Å². The van der Waals surface area contributed by atoms with Gasteiger partial charge in [-0.3, -0.25) is 4.79 Å². The minimum atomic E-state index is -0.556. The Balaban J connectivity index is 1.27. The van der Waals surface area contributed by atoms with E-state index in [0.717, 1.165) is 28.8 Å². The number of ether oxygens (including phenoxy) is 2. The van der Waals surface area contributed by atoms with Crippen LogP contribution >= 0.6 is 22.9 Å². The van der Waals surface area contributed by atoms with Crippen LogP contribution in [0.1, 0.15) is 34.9 Å². The van der Waals surface area contributed by atoms with Crippen molar-refractivity contribution in [3.05, 3.63) is 88.4 Å². The second-order valence-corrected chi connectivity index (χ2v) is 9.58. The fourth-order valence-electron chi connectivity index (χ4n) is 4.23. The van der Waals surface area contributed by atoms with Crippen LogP contribution in [0.2, 0.25) is 5.02 Å². The van der Waals surface area contributed by atoms with Crippen LogP contribution in [0.25, 0.3) is 0 Å². The first-order valence-corrected chi connectivity index (χ1v) is 11.7. The van der Waals surface area contributed by atoms with Crippen molar-refractivity contribution < 1.29 is 14.3 Å². The summed E-state index contributed by atoms with van der Waals surface area (Å²) >= 11 is 7.95. The summed E-state index contributed by atoms with van der Waals surface area (Å²) in [4.78, 5) is 22.9. The number of imidazole rings is 1. The van der Waals surface area contributed by atoms with Crippen LogP contribution in [0.15, 0.2) is 67.4 Å². The Labute approximate surface area is 199 Å². The molecule has 9 heteroatoms. The second-order valence-electron chi connectivity index (χ2n) is 8.11. The molecule has 0 bridgehead atoms. The monoisotopic (exact) mass is 478 g/mol. The topological polar surface area (TPSA) is 78.3 Å². The maximum Gasteiger partial charge on any atom is 0.236 e. The molecule has 1 aliphatic carbocycles. The van der Waals surface area contributed by atoms with Gasteiger partial charge < -0.3 is 19.4 Å². The number of rotatable bonds is 6. The number of nitrogens with zero attached hydrogens (tertiary/aromatic N) is 3. The van der Waals surface area contributed by atoms with Gasteiger partial charge in [0.15, 0.2) is 16.6 Å². The average Bonchev–Trinajstić information content (AvgIpc) is 3.19. The number of hydrogen-bond donors (Lipinski definition) is 1. The van der Waals surface area contributed by atoms with E-state index in [0.29, 0.717) is 21.7 Å². The van der Waals surface area contributed by atoms with E-state index in [9.17, 15) is 4.79 Å². The summed E-state index contributed by atoms with van der Waals surface area (Å²) in [6, 6.07) is 13.3. The Kier molecular flexibility index (Phi) is 4.85. The van der Waals surface area contributed by atoms with Gasteiger partial charge in [0.1, 0.15) is 0 Å². The normalized spacial score (nSPS) is 16.4. The molecule has 33 heavy (non-hydrogen) atoms. The molecule has 7 nitrogen and oxygen atoms in total. The van der Waals surface area contributed by atoms with Crippen molar-refractivity contribution in [1.29, 1.82) is 0 Å². The van der Waals surface area contributed by atoms with E-state index in [1.54, 1.807) is 18.7 Å². The molecular weight excluding hydrogens is 460 g/mol. The van der Waals surface area contributed by atoms with Gasteiger partial charge in [0.05, 0.1) is 22.7 Å². The van der Waals surface area contributed by atoms with E-state index in [-0.39, 0.29) is 18.7 Å². The summed E-state index contributed by atoms with van der Waals surface area (Å²) in [6.45, 7) is 0.212. The van der Waals surface area contributed by atoms with Crippen LogP contribution < -0.4 is 14.8 Å². The molecule has 0 radical (unpaired) electrons. The van der Waals surface area contributed by atoms with Crippen LogP contribution in [0.3, 0.4) is 0 Å². The van der Waals surface area contributed by atoms with E-state index in [1.807, 2.05) is 53.2 Å². The first kappa shape index (κ1) is 20.3. The molecule has 1 N–H and O–H groups in total. The zero-order valence-corrected chi connectivity index (χ0v) is 19.0. The Morgan fingerprint density at radius 1 is 1.18 bits per heavy atom. The molecule has 166 valence electrons. The van der Waals surface area contributed by atoms with Crippen LogP contribution in [-0.4, -0.2) is 27.2 Å². The Morgan fingerprint density at radius 3 is 2.82 bits per heavy atom. The van der Waals surface area contributed by atoms with E-state index in [2.05, 4.69) is 15.3 Å². The lowest BCUT2D eigenvalue weighted by Crippen LogP contribution is -2.27. The lowest BCUT2D eigenvalue weighted by molar-refractivity contribution is -0.118. The molecule has 0 spiro atoms. The predicted molar refractivity (Wildman–Crippen MR) is 125 cm³/mol. The number of amides is 1. The third kappa shape index (κ3) is 3.55. The van der Waals surface area contributed by atoms with E-state index in [1.165, 1.54) is 11.3 Å². The third-order valence-corrected chi connectivity index (χ3v) is 7.46. The maximum absolute atomic E-state index is 13.3. The van der Waals surface area contributed by atoms with Gasteiger partial charge in [-0.05, 0) is 42.2 Å². The number of carbonyl (C=O) groups is 1. The smallest absolute Gasteiger partial charge is 0.236 e. The summed E-state index contributed by atoms with van der Waals surface area (Å²) in [5.74, 6) is 1.34. The average molecular weight is 479 g/mol. The number of nitrogens with one attached hydrogen (secondary N) is 1. The zero-order valence-electron chi connectivity index (χ0n) is 17.4. The van der Waals surface area contributed by atoms with Crippen molar-refractivity contribution >= 4 is 34.0 Å². The van der Waals surface area contributed by atoms with Crippen LogP contribution in [0.5, 0.6) is 11.5 Å². The van der Waals surface area contributed by atoms with Crippen molar-refractivity contribution in [1.82, 2.24) is 14.5 Å². The Morgan fingerprint density at radius 2 is 2.03 bits per heavy atom. The molecule has 1 unspecified atom stereocenters. The molecule has 2 aromatic carbocycles. The van der Waals surface area contributed by atoms with Crippen molar-refractivity contribution in [3.8, 4) is 11.5 Å². The van der Waals surface area contributed by atoms with Gasteiger partial charge in [-0.2, -0.15) is 0 Å². The van der Waals surface area contributed by atoms with Gasteiger partial charge in [0, 0.05) is 23.6 Å². The molecule has 6 rings (SSSR count). The lowest BCUT2D eigenvalue weighted by atomic mass is 9.94. The highest BCUT2D eigenvalue weighted by Crippen LogP contribution is 2.51. The minimum absolute atomic E-state index is 0.0563. The summed E-state index contributed by atoms with van der Waals surface area (Å²) in [5.41, 5.74) is 1.32. The molecule has 1 aliphatic heterocycles.